The summed E-state index contributed by atoms with van der Waals surface area (Å²) in [6.07, 6.45) is -3.08. The molecule has 1 saturated heterocycles. The number of rotatable bonds is 5. The average molecular weight is 380 g/mol. The number of hydrogen-bond donors (Lipinski definition) is 3. The third kappa shape index (κ3) is 5.43. The highest BCUT2D eigenvalue weighted by Gasteiger charge is 2.31. The van der Waals surface area contributed by atoms with Gasteiger partial charge in [-0.3, -0.25) is 0 Å². The van der Waals surface area contributed by atoms with E-state index in [0.717, 1.165) is 24.2 Å². The number of benzene rings is 1. The van der Waals surface area contributed by atoms with Gasteiger partial charge in [-0.1, -0.05) is 13.8 Å². The first kappa shape index (κ1) is 20.7. The van der Waals surface area contributed by atoms with Crippen molar-refractivity contribution < 1.29 is 17.9 Å². The Balaban J connectivity index is 0.00000126. The Morgan fingerprint density at radius 3 is 2.33 bits per heavy atom. The average Bonchev–Trinajstić information content (AvgIpc) is 2.55. The fraction of sp³-hybridized carbons (Fsp3) is 0.368. The molecular formula is C19H23F3N4O. The van der Waals surface area contributed by atoms with Gasteiger partial charge in [0, 0.05) is 42.2 Å². The van der Waals surface area contributed by atoms with Crippen LogP contribution in [0.3, 0.4) is 0 Å². The van der Waals surface area contributed by atoms with E-state index >= 15 is 0 Å². The Hall–Kier alpha value is -2.61. The molecule has 2 heterocycles. The van der Waals surface area contributed by atoms with E-state index in [0.29, 0.717) is 17.2 Å². The number of pyridine rings is 1. The Morgan fingerprint density at radius 1 is 1.19 bits per heavy atom. The fourth-order valence-electron chi connectivity index (χ4n) is 2.57. The molecule has 0 radical (unpaired) electrons. The topological polar surface area (TPSA) is 70.0 Å². The Kier molecular flexibility index (Phi) is 6.79. The van der Waals surface area contributed by atoms with Crippen LogP contribution in [0.2, 0.25) is 0 Å². The van der Waals surface area contributed by atoms with Gasteiger partial charge in [0.1, 0.15) is 11.6 Å². The number of aryl methyl sites for hydroxylation is 1. The maximum atomic E-state index is 12.2. The summed E-state index contributed by atoms with van der Waals surface area (Å²) in [6.45, 7) is 7.43. The molecule has 1 aliphatic heterocycles. The van der Waals surface area contributed by atoms with Crippen molar-refractivity contribution in [2.24, 2.45) is 5.92 Å². The minimum Gasteiger partial charge on any atom is -0.406 e. The Labute approximate surface area is 156 Å². The second kappa shape index (κ2) is 8.85. The number of aromatic nitrogens is 1. The van der Waals surface area contributed by atoms with Gasteiger partial charge in [-0.25, -0.2) is 4.98 Å². The summed E-state index contributed by atoms with van der Waals surface area (Å²) < 4.78 is 40.5. The Morgan fingerprint density at radius 2 is 1.81 bits per heavy atom. The maximum absolute atomic E-state index is 12.2. The predicted molar refractivity (Wildman–Crippen MR) is 99.9 cm³/mol. The van der Waals surface area contributed by atoms with Crippen LogP contribution in [0.25, 0.3) is 0 Å². The number of nitrogens with one attached hydrogen (secondary N) is 3. The van der Waals surface area contributed by atoms with Gasteiger partial charge in [-0.15, -0.1) is 13.2 Å². The monoisotopic (exact) mass is 380 g/mol. The standard InChI is InChI=1S/C17H17F3N4O.C2H6/c1-10-6-7-23-16(14(10)15(21)11-8-22-9-11)24-12-2-4-13(5-3-12)25-17(18,19)20;1-2/h2-7,11,21-22H,8-9H2,1H3,(H,23,24);1-2H3. The highest BCUT2D eigenvalue weighted by molar-refractivity contribution is 6.06. The molecule has 27 heavy (non-hydrogen) atoms. The van der Waals surface area contributed by atoms with E-state index in [1.54, 1.807) is 6.20 Å². The largest absolute Gasteiger partial charge is 0.573 e. The highest BCUT2D eigenvalue weighted by atomic mass is 19.4. The third-order valence-corrected chi connectivity index (χ3v) is 3.97. The van der Waals surface area contributed by atoms with Crippen LogP contribution in [0.5, 0.6) is 5.75 Å². The third-order valence-electron chi connectivity index (χ3n) is 3.97. The SMILES string of the molecule is CC.Cc1ccnc(Nc2ccc(OC(F)(F)F)cc2)c1C(=N)C1CNC1. The zero-order valence-corrected chi connectivity index (χ0v) is 15.4. The summed E-state index contributed by atoms with van der Waals surface area (Å²) in [6, 6.07) is 7.24. The van der Waals surface area contributed by atoms with Gasteiger partial charge in [0.25, 0.3) is 0 Å². The molecule has 0 unspecified atom stereocenters. The predicted octanol–water partition coefficient (Wildman–Crippen LogP) is 4.65. The fourth-order valence-corrected chi connectivity index (χ4v) is 2.57. The van der Waals surface area contributed by atoms with Crippen molar-refractivity contribution in [3.8, 4) is 5.75 Å². The minimum absolute atomic E-state index is 0.144. The summed E-state index contributed by atoms with van der Waals surface area (Å²) in [5.41, 5.74) is 2.72. The van der Waals surface area contributed by atoms with E-state index < -0.39 is 6.36 Å². The van der Waals surface area contributed by atoms with Crippen molar-refractivity contribution in [2.45, 2.75) is 27.1 Å². The molecule has 0 atom stereocenters. The van der Waals surface area contributed by atoms with Crippen molar-refractivity contribution in [3.63, 3.8) is 0 Å². The minimum atomic E-state index is -4.72. The van der Waals surface area contributed by atoms with Crippen LogP contribution < -0.4 is 15.4 Å². The van der Waals surface area contributed by atoms with Crippen LogP contribution in [0, 0.1) is 18.3 Å². The summed E-state index contributed by atoms with van der Waals surface area (Å²) in [7, 11) is 0. The smallest absolute Gasteiger partial charge is 0.406 e. The van der Waals surface area contributed by atoms with E-state index in [9.17, 15) is 13.2 Å². The number of anilines is 2. The van der Waals surface area contributed by atoms with Gasteiger partial charge in [0.05, 0.1) is 0 Å². The molecule has 0 spiro atoms. The van der Waals surface area contributed by atoms with Crippen molar-refractivity contribution in [2.75, 3.05) is 18.4 Å². The van der Waals surface area contributed by atoms with Crippen molar-refractivity contribution in [1.29, 1.82) is 5.41 Å². The molecule has 1 aliphatic rings. The summed E-state index contributed by atoms with van der Waals surface area (Å²) in [5.74, 6) is 0.371. The molecule has 0 aliphatic carbocycles. The van der Waals surface area contributed by atoms with Crippen LogP contribution in [-0.4, -0.2) is 30.1 Å². The molecule has 1 aromatic carbocycles. The zero-order chi connectivity index (χ0) is 20.0. The number of nitrogens with zero attached hydrogens (tertiary/aromatic N) is 1. The number of halogens is 3. The van der Waals surface area contributed by atoms with E-state index in [1.807, 2.05) is 26.8 Å². The normalized spacial score (nSPS) is 13.9. The van der Waals surface area contributed by atoms with Gasteiger partial charge in [-0.05, 0) is 42.8 Å². The van der Waals surface area contributed by atoms with E-state index in [-0.39, 0.29) is 11.7 Å². The molecule has 2 aromatic rings. The maximum Gasteiger partial charge on any atom is 0.573 e. The molecule has 5 nitrogen and oxygen atoms in total. The van der Waals surface area contributed by atoms with Gasteiger partial charge < -0.3 is 20.8 Å². The number of hydrogen-bond acceptors (Lipinski definition) is 5. The summed E-state index contributed by atoms with van der Waals surface area (Å²) >= 11 is 0. The lowest BCUT2D eigenvalue weighted by Gasteiger charge is -2.29. The van der Waals surface area contributed by atoms with Gasteiger partial charge in [-0.2, -0.15) is 0 Å². The number of ether oxygens (including phenoxy) is 1. The summed E-state index contributed by atoms with van der Waals surface area (Å²) in [5, 5.41) is 14.6. The quantitative estimate of drug-likeness (QED) is 0.661. The lowest BCUT2D eigenvalue weighted by molar-refractivity contribution is -0.274. The Bertz CT molecular complexity index is 772. The second-order valence-electron chi connectivity index (χ2n) is 5.82. The molecule has 3 rings (SSSR count). The number of alkyl halides is 3. The molecular weight excluding hydrogens is 357 g/mol. The molecule has 1 fully saturated rings. The first-order valence-corrected chi connectivity index (χ1v) is 8.71. The van der Waals surface area contributed by atoms with Crippen molar-refractivity contribution >= 4 is 17.2 Å². The molecule has 8 heteroatoms. The van der Waals surface area contributed by atoms with Gasteiger partial charge in [0.2, 0.25) is 0 Å². The molecule has 146 valence electrons. The highest BCUT2D eigenvalue weighted by Crippen LogP contribution is 2.28. The van der Waals surface area contributed by atoms with Gasteiger partial charge >= 0.3 is 6.36 Å². The molecule has 3 N–H and O–H groups in total. The molecule has 1 aromatic heterocycles. The molecule has 0 amide bonds. The van der Waals surface area contributed by atoms with E-state index in [4.69, 9.17) is 5.41 Å². The second-order valence-corrected chi connectivity index (χ2v) is 5.82. The van der Waals surface area contributed by atoms with Crippen LogP contribution in [0.1, 0.15) is 25.0 Å². The van der Waals surface area contributed by atoms with Crippen LogP contribution in [0.15, 0.2) is 36.5 Å². The zero-order valence-electron chi connectivity index (χ0n) is 15.4. The van der Waals surface area contributed by atoms with Crippen LogP contribution in [-0.2, 0) is 0 Å². The first-order chi connectivity index (χ1) is 12.8. The van der Waals surface area contributed by atoms with Crippen LogP contribution >= 0.6 is 0 Å². The van der Waals surface area contributed by atoms with Crippen LogP contribution in [0.4, 0.5) is 24.7 Å². The summed E-state index contributed by atoms with van der Waals surface area (Å²) in [4.78, 5) is 4.29. The first-order valence-electron chi connectivity index (χ1n) is 8.71. The van der Waals surface area contributed by atoms with E-state index in [1.165, 1.54) is 24.3 Å². The molecule has 0 bridgehead atoms. The lowest BCUT2D eigenvalue weighted by atomic mass is 9.90. The van der Waals surface area contributed by atoms with Crippen molar-refractivity contribution in [1.82, 2.24) is 10.3 Å². The van der Waals surface area contributed by atoms with E-state index in [2.05, 4.69) is 20.4 Å². The lowest BCUT2D eigenvalue weighted by Crippen LogP contribution is -2.46. The molecule has 0 saturated carbocycles. The van der Waals surface area contributed by atoms with Crippen molar-refractivity contribution in [3.05, 3.63) is 47.7 Å². The van der Waals surface area contributed by atoms with Gasteiger partial charge in [0.15, 0.2) is 0 Å².